The zero-order chi connectivity index (χ0) is 13.5. The molecule has 1 unspecified atom stereocenters. The van der Waals surface area contributed by atoms with Crippen LogP contribution in [0.3, 0.4) is 0 Å². The third-order valence-electron chi connectivity index (χ3n) is 3.88. The topological polar surface area (TPSA) is 28.2 Å². The van der Waals surface area contributed by atoms with Crippen molar-refractivity contribution < 1.29 is 0 Å². The molecule has 0 aliphatic carbocycles. The first-order chi connectivity index (χ1) is 9.35. The first-order valence-electron chi connectivity index (χ1n) is 7.80. The molecule has 2 rings (SSSR count). The van der Waals surface area contributed by atoms with E-state index in [2.05, 4.69) is 35.1 Å². The van der Waals surface area contributed by atoms with Crippen LogP contribution in [-0.2, 0) is 0 Å². The molecule has 1 aliphatic rings. The lowest BCUT2D eigenvalue weighted by Crippen LogP contribution is -2.39. The number of nitrogens with zero attached hydrogens (tertiary/aromatic N) is 2. The Labute approximate surface area is 117 Å². The predicted molar refractivity (Wildman–Crippen MR) is 82.9 cm³/mol. The van der Waals surface area contributed by atoms with Crippen LogP contribution in [0, 0.1) is 0 Å². The largest absolute Gasteiger partial charge is 0.384 e. The van der Waals surface area contributed by atoms with Gasteiger partial charge in [-0.3, -0.25) is 4.98 Å². The number of piperidine rings is 1. The molecule has 0 bridgehead atoms. The zero-order valence-electron chi connectivity index (χ0n) is 12.4. The van der Waals surface area contributed by atoms with E-state index in [0.29, 0.717) is 6.04 Å². The van der Waals surface area contributed by atoms with E-state index in [1.165, 1.54) is 44.3 Å². The summed E-state index contributed by atoms with van der Waals surface area (Å²) in [7, 11) is 0. The standard InChI is InChI=1S/C16H27N3/c1-3-7-15-8-5-6-10-19(15)16-11-14(12-17-13-16)18-9-4-2/h11-13,15,18H,3-10H2,1-2H3. The van der Waals surface area contributed by atoms with E-state index in [0.717, 1.165) is 18.7 Å². The van der Waals surface area contributed by atoms with E-state index >= 15 is 0 Å². The van der Waals surface area contributed by atoms with E-state index in [4.69, 9.17) is 0 Å². The van der Waals surface area contributed by atoms with Crippen LogP contribution in [0.5, 0.6) is 0 Å². The highest BCUT2D eigenvalue weighted by Gasteiger charge is 2.22. The summed E-state index contributed by atoms with van der Waals surface area (Å²) in [6.07, 6.45) is 11.7. The summed E-state index contributed by atoms with van der Waals surface area (Å²) in [5.74, 6) is 0. The third kappa shape index (κ3) is 3.85. The van der Waals surface area contributed by atoms with Crippen LogP contribution < -0.4 is 10.2 Å². The Balaban J connectivity index is 2.09. The third-order valence-corrected chi connectivity index (χ3v) is 3.88. The molecule has 1 fully saturated rings. The summed E-state index contributed by atoms with van der Waals surface area (Å²) in [5.41, 5.74) is 2.44. The van der Waals surface area contributed by atoms with Gasteiger partial charge in [0.1, 0.15) is 0 Å². The van der Waals surface area contributed by atoms with Crippen LogP contribution >= 0.6 is 0 Å². The van der Waals surface area contributed by atoms with E-state index in [1.807, 2.05) is 12.4 Å². The SMILES string of the molecule is CCCNc1cncc(N2CCCCC2CCC)c1. The smallest absolute Gasteiger partial charge is 0.0575 e. The van der Waals surface area contributed by atoms with Crippen LogP contribution in [0.15, 0.2) is 18.5 Å². The number of anilines is 2. The molecule has 1 aliphatic heterocycles. The van der Waals surface area contributed by atoms with E-state index in [-0.39, 0.29) is 0 Å². The van der Waals surface area contributed by atoms with Gasteiger partial charge in [0.05, 0.1) is 23.8 Å². The van der Waals surface area contributed by atoms with Gasteiger partial charge in [0.15, 0.2) is 0 Å². The molecule has 1 N–H and O–H groups in total. The summed E-state index contributed by atoms with van der Waals surface area (Å²) in [6, 6.07) is 2.97. The van der Waals surface area contributed by atoms with Crippen LogP contribution in [0.1, 0.15) is 52.4 Å². The van der Waals surface area contributed by atoms with Gasteiger partial charge in [-0.15, -0.1) is 0 Å². The second-order valence-electron chi connectivity index (χ2n) is 5.49. The zero-order valence-corrected chi connectivity index (χ0v) is 12.4. The number of rotatable bonds is 6. The second-order valence-corrected chi connectivity index (χ2v) is 5.49. The lowest BCUT2D eigenvalue weighted by atomic mass is 9.97. The Hall–Kier alpha value is -1.25. The fourth-order valence-electron chi connectivity index (χ4n) is 2.92. The van der Waals surface area contributed by atoms with Crippen molar-refractivity contribution in [3.05, 3.63) is 18.5 Å². The Morgan fingerprint density at radius 1 is 1.26 bits per heavy atom. The number of nitrogens with one attached hydrogen (secondary N) is 1. The first kappa shape index (κ1) is 14.2. The Morgan fingerprint density at radius 2 is 2.16 bits per heavy atom. The van der Waals surface area contributed by atoms with Crippen molar-refractivity contribution in [3.8, 4) is 0 Å². The normalized spacial score (nSPS) is 19.5. The van der Waals surface area contributed by atoms with Crippen molar-refractivity contribution in [3.63, 3.8) is 0 Å². The Morgan fingerprint density at radius 3 is 2.95 bits per heavy atom. The minimum Gasteiger partial charge on any atom is -0.384 e. The fourth-order valence-corrected chi connectivity index (χ4v) is 2.92. The maximum absolute atomic E-state index is 4.40. The molecule has 1 aromatic heterocycles. The molecule has 1 atom stereocenters. The van der Waals surface area contributed by atoms with Crippen molar-refractivity contribution in [1.29, 1.82) is 0 Å². The molecule has 1 saturated heterocycles. The maximum Gasteiger partial charge on any atom is 0.0575 e. The van der Waals surface area contributed by atoms with Gasteiger partial charge >= 0.3 is 0 Å². The minimum atomic E-state index is 0.710. The number of hydrogen-bond acceptors (Lipinski definition) is 3. The summed E-state index contributed by atoms with van der Waals surface area (Å²) in [4.78, 5) is 6.97. The monoisotopic (exact) mass is 261 g/mol. The van der Waals surface area contributed by atoms with Crippen LogP contribution in [0.4, 0.5) is 11.4 Å². The lowest BCUT2D eigenvalue weighted by Gasteiger charge is -2.37. The molecule has 1 aromatic rings. The molecule has 3 heteroatoms. The van der Waals surface area contributed by atoms with Crippen molar-refractivity contribution in [2.75, 3.05) is 23.3 Å². The van der Waals surface area contributed by atoms with Crippen molar-refractivity contribution in [2.45, 2.75) is 58.4 Å². The summed E-state index contributed by atoms with van der Waals surface area (Å²) >= 11 is 0. The summed E-state index contributed by atoms with van der Waals surface area (Å²) < 4.78 is 0. The molecule has 0 spiro atoms. The molecule has 19 heavy (non-hydrogen) atoms. The Bertz CT molecular complexity index is 376. The van der Waals surface area contributed by atoms with Gasteiger partial charge in [-0.2, -0.15) is 0 Å². The first-order valence-corrected chi connectivity index (χ1v) is 7.80. The quantitative estimate of drug-likeness (QED) is 0.837. The van der Waals surface area contributed by atoms with E-state index < -0.39 is 0 Å². The van der Waals surface area contributed by atoms with E-state index in [9.17, 15) is 0 Å². The molecular formula is C16H27N3. The highest BCUT2D eigenvalue weighted by Crippen LogP contribution is 2.28. The molecule has 106 valence electrons. The molecular weight excluding hydrogens is 234 g/mol. The van der Waals surface area contributed by atoms with Crippen LogP contribution in [0.2, 0.25) is 0 Å². The summed E-state index contributed by atoms with van der Waals surface area (Å²) in [6.45, 7) is 6.67. The van der Waals surface area contributed by atoms with Crippen molar-refractivity contribution in [2.24, 2.45) is 0 Å². The van der Waals surface area contributed by atoms with Gasteiger partial charge in [0.2, 0.25) is 0 Å². The van der Waals surface area contributed by atoms with Gasteiger partial charge in [-0.1, -0.05) is 20.3 Å². The highest BCUT2D eigenvalue weighted by atomic mass is 15.2. The molecule has 3 nitrogen and oxygen atoms in total. The highest BCUT2D eigenvalue weighted by molar-refractivity contribution is 5.56. The van der Waals surface area contributed by atoms with Gasteiger partial charge in [0.25, 0.3) is 0 Å². The fraction of sp³-hybridized carbons (Fsp3) is 0.688. The average Bonchev–Trinajstić information content (AvgIpc) is 2.46. The molecule has 0 aromatic carbocycles. The minimum absolute atomic E-state index is 0.710. The maximum atomic E-state index is 4.40. The van der Waals surface area contributed by atoms with Gasteiger partial charge in [-0.05, 0) is 38.2 Å². The van der Waals surface area contributed by atoms with Crippen LogP contribution in [0.25, 0.3) is 0 Å². The second kappa shape index (κ2) is 7.37. The summed E-state index contributed by atoms with van der Waals surface area (Å²) in [5, 5.41) is 3.43. The molecule has 0 radical (unpaired) electrons. The Kier molecular flexibility index (Phi) is 5.49. The lowest BCUT2D eigenvalue weighted by molar-refractivity contribution is 0.434. The molecule has 2 heterocycles. The van der Waals surface area contributed by atoms with Gasteiger partial charge in [0, 0.05) is 19.1 Å². The van der Waals surface area contributed by atoms with Gasteiger partial charge in [-0.25, -0.2) is 0 Å². The van der Waals surface area contributed by atoms with Crippen LogP contribution in [-0.4, -0.2) is 24.1 Å². The van der Waals surface area contributed by atoms with Crippen molar-refractivity contribution >= 4 is 11.4 Å². The molecule has 0 saturated carbocycles. The number of aromatic nitrogens is 1. The predicted octanol–water partition coefficient (Wildman–Crippen LogP) is 4.06. The molecule has 0 amide bonds. The average molecular weight is 261 g/mol. The van der Waals surface area contributed by atoms with Gasteiger partial charge < -0.3 is 10.2 Å². The number of hydrogen-bond donors (Lipinski definition) is 1. The number of pyridine rings is 1. The van der Waals surface area contributed by atoms with Crippen molar-refractivity contribution in [1.82, 2.24) is 4.98 Å². The van der Waals surface area contributed by atoms with E-state index in [1.54, 1.807) is 0 Å².